The predicted molar refractivity (Wildman–Crippen MR) is 234 cm³/mol. The van der Waals surface area contributed by atoms with Gasteiger partial charge in [-0.05, 0) is 137 Å². The molecule has 3 aliphatic rings. The quantitative estimate of drug-likeness (QED) is 0.183. The van der Waals surface area contributed by atoms with Gasteiger partial charge in [0.25, 0.3) is 0 Å². The second kappa shape index (κ2) is 12.9. The smallest absolute Gasteiger partial charge is 0.124 e. The van der Waals surface area contributed by atoms with Gasteiger partial charge >= 0.3 is 0 Å². The lowest BCUT2D eigenvalue weighted by atomic mass is 9.62. The first-order chi connectivity index (χ1) is 27.0. The zero-order valence-electron chi connectivity index (χ0n) is 33.6. The molecular formula is C52H53N3O. The number of hydrogen-bond acceptors (Lipinski definition) is 3. The number of fused-ring (bicyclic) bond motifs is 8. The van der Waals surface area contributed by atoms with Crippen LogP contribution in [0, 0.1) is 5.41 Å². The van der Waals surface area contributed by atoms with Gasteiger partial charge in [0.15, 0.2) is 0 Å². The van der Waals surface area contributed by atoms with Crippen LogP contribution in [0.5, 0.6) is 5.75 Å². The molecule has 7 aromatic rings. The molecule has 4 heterocycles. The van der Waals surface area contributed by atoms with Gasteiger partial charge in [-0.1, -0.05) is 102 Å². The number of phenolic OH excluding ortho intramolecular Hbond substituents is 1. The highest BCUT2D eigenvalue weighted by molar-refractivity contribution is 6.23. The Balaban J connectivity index is 1.03. The summed E-state index contributed by atoms with van der Waals surface area (Å²) in [6, 6.07) is 35.5. The Labute approximate surface area is 331 Å². The summed E-state index contributed by atoms with van der Waals surface area (Å²) in [5.74, 6) is 0.972. The number of nitrogens with zero attached hydrogens (tertiary/aromatic N) is 3. The number of benzene rings is 4. The molecule has 0 saturated heterocycles. The fourth-order valence-corrected chi connectivity index (χ4v) is 10.7. The average Bonchev–Trinajstić information content (AvgIpc) is 3.81. The van der Waals surface area contributed by atoms with Crippen LogP contribution in [-0.2, 0) is 10.8 Å². The van der Waals surface area contributed by atoms with Crippen LogP contribution >= 0.6 is 0 Å². The Morgan fingerprint density at radius 2 is 1.48 bits per heavy atom. The fourth-order valence-electron chi connectivity index (χ4n) is 10.7. The number of aliphatic imine (C=N–C) groups is 1. The Kier molecular flexibility index (Phi) is 8.12. The van der Waals surface area contributed by atoms with Gasteiger partial charge in [-0.2, -0.15) is 0 Å². The van der Waals surface area contributed by atoms with Crippen molar-refractivity contribution in [3.8, 4) is 28.1 Å². The molecule has 4 aromatic carbocycles. The maximum atomic E-state index is 11.4. The fraction of sp³-hybridized carbons (Fsp3) is 0.346. The van der Waals surface area contributed by atoms with Crippen molar-refractivity contribution < 1.29 is 5.11 Å². The summed E-state index contributed by atoms with van der Waals surface area (Å²) in [6.07, 6.45) is 16.8. The molecule has 4 nitrogen and oxygen atoms in total. The molecule has 0 amide bonds. The van der Waals surface area contributed by atoms with Gasteiger partial charge in [-0.3, -0.25) is 9.98 Å². The maximum absolute atomic E-state index is 11.4. The van der Waals surface area contributed by atoms with Crippen molar-refractivity contribution in [3.63, 3.8) is 0 Å². The summed E-state index contributed by atoms with van der Waals surface area (Å²) in [6.45, 7) is 11.0. The molecule has 0 unspecified atom stereocenters. The van der Waals surface area contributed by atoms with E-state index in [9.17, 15) is 5.11 Å². The van der Waals surface area contributed by atoms with E-state index in [0.29, 0.717) is 11.3 Å². The van der Waals surface area contributed by atoms with Crippen LogP contribution in [0.4, 0.5) is 5.69 Å². The normalized spacial score (nSPS) is 18.2. The van der Waals surface area contributed by atoms with Crippen molar-refractivity contribution in [1.29, 1.82) is 0 Å². The summed E-state index contributed by atoms with van der Waals surface area (Å²) in [5.41, 5.74) is 13.4. The summed E-state index contributed by atoms with van der Waals surface area (Å²) < 4.78 is 2.29. The van der Waals surface area contributed by atoms with Crippen LogP contribution < -0.4 is 0 Å². The lowest BCUT2D eigenvalue weighted by Gasteiger charge is -2.43. The molecule has 0 radical (unpaired) electrons. The van der Waals surface area contributed by atoms with E-state index < -0.39 is 5.41 Å². The lowest BCUT2D eigenvalue weighted by Crippen LogP contribution is -2.29. The van der Waals surface area contributed by atoms with Crippen LogP contribution in [-0.4, -0.2) is 20.2 Å². The van der Waals surface area contributed by atoms with Crippen molar-refractivity contribution in [2.24, 2.45) is 10.4 Å². The Hall–Kier alpha value is -5.22. The van der Waals surface area contributed by atoms with E-state index in [2.05, 4.69) is 136 Å². The highest BCUT2D eigenvalue weighted by Crippen LogP contribution is 2.52. The molecule has 2 saturated carbocycles. The third-order valence-corrected chi connectivity index (χ3v) is 14.1. The van der Waals surface area contributed by atoms with Crippen LogP contribution in [0.3, 0.4) is 0 Å². The number of aromatic nitrogens is 2. The zero-order valence-corrected chi connectivity index (χ0v) is 33.6. The second-order valence-electron chi connectivity index (χ2n) is 18.8. The van der Waals surface area contributed by atoms with E-state index >= 15 is 0 Å². The van der Waals surface area contributed by atoms with Crippen LogP contribution in [0.2, 0.25) is 0 Å². The van der Waals surface area contributed by atoms with Crippen molar-refractivity contribution in [2.45, 2.75) is 109 Å². The maximum Gasteiger partial charge on any atom is 0.124 e. The first-order valence-electron chi connectivity index (χ1n) is 21.0. The number of phenols is 1. The van der Waals surface area contributed by atoms with Crippen molar-refractivity contribution in [1.82, 2.24) is 9.38 Å². The molecule has 3 aromatic heterocycles. The number of aromatic hydroxyl groups is 1. The van der Waals surface area contributed by atoms with Gasteiger partial charge in [0.1, 0.15) is 5.75 Å². The minimum Gasteiger partial charge on any atom is -0.507 e. The molecule has 282 valence electrons. The topological polar surface area (TPSA) is 49.9 Å². The largest absolute Gasteiger partial charge is 0.507 e. The van der Waals surface area contributed by atoms with Gasteiger partial charge in [-0.25, -0.2) is 0 Å². The van der Waals surface area contributed by atoms with Gasteiger partial charge in [0.05, 0.1) is 28.1 Å². The Morgan fingerprint density at radius 3 is 2.23 bits per heavy atom. The van der Waals surface area contributed by atoms with Gasteiger partial charge < -0.3 is 9.51 Å². The first-order valence-corrected chi connectivity index (χ1v) is 21.0. The molecule has 4 heteroatoms. The molecular weight excluding hydrogens is 683 g/mol. The van der Waals surface area contributed by atoms with Crippen molar-refractivity contribution in [2.75, 3.05) is 0 Å². The molecule has 1 aliphatic heterocycles. The SMILES string of the molecule is CC(C)(C)c1ccc(C2=Nc3c(ccc4c3c3cc(-c5cc(-c6ccc(C7CCC8(CCCCC8)CC7)cc6)ccn5)ccc3c3cccn34)C2(C)C)c(O)c1. The van der Waals surface area contributed by atoms with Gasteiger partial charge in [0.2, 0.25) is 0 Å². The van der Waals surface area contributed by atoms with Gasteiger partial charge in [-0.15, -0.1) is 0 Å². The highest BCUT2D eigenvalue weighted by atomic mass is 16.3. The molecule has 56 heavy (non-hydrogen) atoms. The summed E-state index contributed by atoms with van der Waals surface area (Å²) >= 11 is 0. The minimum atomic E-state index is -0.403. The van der Waals surface area contributed by atoms with Crippen molar-refractivity contribution >= 4 is 38.6 Å². The number of hydrogen-bond donors (Lipinski definition) is 1. The van der Waals surface area contributed by atoms with E-state index in [0.717, 1.165) is 50.1 Å². The molecule has 10 rings (SSSR count). The molecule has 0 atom stereocenters. The van der Waals surface area contributed by atoms with Crippen LogP contribution in [0.15, 0.2) is 114 Å². The van der Waals surface area contributed by atoms with Crippen molar-refractivity contribution in [3.05, 3.63) is 132 Å². The standard InChI is InChI=1S/C52H53N3O/c1-50(2,3)38-16-18-40(46(56)32-38)49-51(4,5)42-19-20-45-47(48(42)54-49)41-30-37(15-17-39(41)44-10-9-29-55(44)45)43-31-36(23-28-53-43)34-13-11-33(12-14-34)35-21-26-52(27-22-35)24-7-6-8-25-52/h9-20,23,28-32,35,56H,6-8,21-22,24-27H2,1-5H3. The molecule has 2 fully saturated rings. The summed E-state index contributed by atoms with van der Waals surface area (Å²) in [7, 11) is 0. The average molecular weight is 736 g/mol. The van der Waals surface area contributed by atoms with E-state index in [1.165, 1.54) is 90.9 Å². The summed E-state index contributed by atoms with van der Waals surface area (Å²) in [5, 5.41) is 14.9. The molecule has 1 N–H and O–H groups in total. The minimum absolute atomic E-state index is 0.0626. The van der Waals surface area contributed by atoms with Gasteiger partial charge in [0, 0.05) is 39.7 Å². The highest BCUT2D eigenvalue weighted by Gasteiger charge is 2.39. The van der Waals surface area contributed by atoms with E-state index in [4.69, 9.17) is 9.98 Å². The summed E-state index contributed by atoms with van der Waals surface area (Å²) in [4.78, 5) is 10.4. The Morgan fingerprint density at radius 1 is 0.714 bits per heavy atom. The van der Waals surface area contributed by atoms with E-state index in [1.54, 1.807) is 0 Å². The monoisotopic (exact) mass is 735 g/mol. The second-order valence-corrected chi connectivity index (χ2v) is 18.8. The molecule has 1 spiro atoms. The van der Waals surface area contributed by atoms with E-state index in [-0.39, 0.29) is 11.2 Å². The molecule has 2 aliphatic carbocycles. The predicted octanol–water partition coefficient (Wildman–Crippen LogP) is 14.0. The van der Waals surface area contributed by atoms with E-state index in [1.807, 2.05) is 12.3 Å². The molecule has 0 bridgehead atoms. The first kappa shape index (κ1) is 35.2. The third kappa shape index (κ3) is 5.70. The van der Waals surface area contributed by atoms with Crippen LogP contribution in [0.1, 0.15) is 121 Å². The zero-order chi connectivity index (χ0) is 38.4. The number of rotatable bonds is 4. The Bertz CT molecular complexity index is 2690. The lowest BCUT2D eigenvalue weighted by molar-refractivity contribution is 0.114. The number of pyridine rings is 2. The van der Waals surface area contributed by atoms with Crippen LogP contribution in [0.25, 0.3) is 49.6 Å². The third-order valence-electron chi connectivity index (χ3n) is 14.1.